The number of nitrogens with zero attached hydrogens (tertiary/aromatic N) is 4. The lowest BCUT2D eigenvalue weighted by Crippen LogP contribution is -2.53. The summed E-state index contributed by atoms with van der Waals surface area (Å²) in [6.07, 6.45) is 10.8. The third kappa shape index (κ3) is 4.54. The van der Waals surface area contributed by atoms with E-state index in [2.05, 4.69) is 73.1 Å². The van der Waals surface area contributed by atoms with Crippen LogP contribution in [-0.2, 0) is 13.1 Å². The molecule has 2 fully saturated rings. The lowest BCUT2D eigenvalue weighted by Gasteiger charge is -2.45. The van der Waals surface area contributed by atoms with Gasteiger partial charge in [-0.1, -0.05) is 49.6 Å². The molecule has 150 valence electrons. The van der Waals surface area contributed by atoms with E-state index in [1.165, 1.54) is 43.4 Å². The van der Waals surface area contributed by atoms with Crippen molar-refractivity contribution in [1.82, 2.24) is 19.8 Å². The van der Waals surface area contributed by atoms with Crippen LogP contribution in [0, 0.1) is 0 Å². The second kappa shape index (κ2) is 9.03. The number of imidazole rings is 1. The summed E-state index contributed by atoms with van der Waals surface area (Å²) in [4.78, 5) is 11.6. The predicted molar refractivity (Wildman–Crippen MR) is 118 cm³/mol. The quantitative estimate of drug-likeness (QED) is 0.630. The van der Waals surface area contributed by atoms with Crippen LogP contribution in [0.3, 0.4) is 0 Å². The average Bonchev–Trinajstić information content (AvgIpc) is 3.17. The van der Waals surface area contributed by atoms with Crippen molar-refractivity contribution in [3.8, 4) is 0 Å². The Labute approximate surface area is 172 Å². The Morgan fingerprint density at radius 1 is 1.21 bits per heavy atom. The molecule has 1 saturated heterocycles. The molecular formula is C22H31N5S. The molecule has 1 saturated carbocycles. The molecule has 4 rings (SSSR count). The number of rotatable bonds is 4. The van der Waals surface area contributed by atoms with Crippen LogP contribution in [0.4, 0.5) is 0 Å². The SMILES string of the molecule is CN=C(NCc1nccn1Cc1ccccc1)N1CCSC2(CCCCC2)C1. The first-order chi connectivity index (χ1) is 13.8. The van der Waals surface area contributed by atoms with Crippen molar-refractivity contribution >= 4 is 17.7 Å². The van der Waals surface area contributed by atoms with Crippen molar-refractivity contribution in [2.45, 2.75) is 49.9 Å². The van der Waals surface area contributed by atoms with Gasteiger partial charge >= 0.3 is 0 Å². The van der Waals surface area contributed by atoms with Gasteiger partial charge < -0.3 is 14.8 Å². The van der Waals surface area contributed by atoms with Gasteiger partial charge in [0.15, 0.2) is 5.96 Å². The van der Waals surface area contributed by atoms with Crippen molar-refractivity contribution in [1.29, 1.82) is 0 Å². The van der Waals surface area contributed by atoms with Gasteiger partial charge in [-0.05, 0) is 18.4 Å². The second-order valence-corrected chi connectivity index (χ2v) is 9.43. The van der Waals surface area contributed by atoms with Crippen LogP contribution in [0.2, 0.25) is 0 Å². The van der Waals surface area contributed by atoms with Crippen LogP contribution in [0.25, 0.3) is 0 Å². The maximum Gasteiger partial charge on any atom is 0.194 e. The van der Waals surface area contributed by atoms with E-state index < -0.39 is 0 Å². The number of hydrogen-bond donors (Lipinski definition) is 1. The van der Waals surface area contributed by atoms with Crippen LogP contribution in [-0.4, -0.2) is 51.0 Å². The Hall–Kier alpha value is -1.95. The van der Waals surface area contributed by atoms with Gasteiger partial charge in [-0.15, -0.1) is 0 Å². The number of guanidine groups is 1. The van der Waals surface area contributed by atoms with E-state index >= 15 is 0 Å². The molecule has 1 aliphatic carbocycles. The molecule has 0 atom stereocenters. The van der Waals surface area contributed by atoms with Crippen LogP contribution in [0.5, 0.6) is 0 Å². The number of aliphatic imine (C=N–C) groups is 1. The van der Waals surface area contributed by atoms with E-state index in [4.69, 9.17) is 0 Å². The molecular weight excluding hydrogens is 366 g/mol. The largest absolute Gasteiger partial charge is 0.349 e. The standard InChI is InChI=1S/C22H31N5S/c1-23-21(27-14-15-28-22(18-27)10-6-3-7-11-22)25-16-20-24-12-13-26(20)17-19-8-4-2-5-9-19/h2,4-5,8-9,12-13H,3,6-7,10-11,14-18H2,1H3,(H,23,25). The third-order valence-corrected chi connectivity index (χ3v) is 7.46. The first kappa shape index (κ1) is 19.4. The maximum absolute atomic E-state index is 4.59. The summed E-state index contributed by atoms with van der Waals surface area (Å²) >= 11 is 2.20. The molecule has 1 aromatic heterocycles. The fraction of sp³-hybridized carbons (Fsp3) is 0.545. The van der Waals surface area contributed by atoms with Gasteiger partial charge in [0.2, 0.25) is 0 Å². The summed E-state index contributed by atoms with van der Waals surface area (Å²) in [5, 5.41) is 3.57. The first-order valence-electron chi connectivity index (χ1n) is 10.4. The molecule has 1 aromatic carbocycles. The zero-order valence-electron chi connectivity index (χ0n) is 16.8. The predicted octanol–water partition coefficient (Wildman–Crippen LogP) is 3.76. The summed E-state index contributed by atoms with van der Waals surface area (Å²) in [5.74, 6) is 3.26. The molecule has 1 aliphatic heterocycles. The Kier molecular flexibility index (Phi) is 6.25. The van der Waals surface area contributed by atoms with E-state index in [1.807, 2.05) is 13.2 Å². The first-order valence-corrected chi connectivity index (χ1v) is 11.4. The fourth-order valence-electron chi connectivity index (χ4n) is 4.45. The number of aromatic nitrogens is 2. The van der Waals surface area contributed by atoms with Gasteiger partial charge in [-0.3, -0.25) is 4.99 Å². The summed E-state index contributed by atoms with van der Waals surface area (Å²) < 4.78 is 2.66. The van der Waals surface area contributed by atoms with E-state index in [1.54, 1.807) is 0 Å². The molecule has 0 bridgehead atoms. The van der Waals surface area contributed by atoms with Crippen LogP contribution >= 0.6 is 11.8 Å². The van der Waals surface area contributed by atoms with Crippen molar-refractivity contribution in [3.63, 3.8) is 0 Å². The molecule has 0 radical (unpaired) electrons. The summed E-state index contributed by atoms with van der Waals surface area (Å²) in [7, 11) is 1.90. The van der Waals surface area contributed by atoms with Gasteiger partial charge in [-0.2, -0.15) is 11.8 Å². The van der Waals surface area contributed by atoms with Gasteiger partial charge in [-0.25, -0.2) is 4.98 Å². The van der Waals surface area contributed by atoms with Crippen molar-refractivity contribution < 1.29 is 0 Å². The second-order valence-electron chi connectivity index (χ2n) is 7.87. The Morgan fingerprint density at radius 2 is 2.04 bits per heavy atom. The van der Waals surface area contributed by atoms with E-state index in [0.29, 0.717) is 11.3 Å². The summed E-state index contributed by atoms with van der Waals surface area (Å²) in [6, 6.07) is 10.5. The van der Waals surface area contributed by atoms with Crippen LogP contribution in [0.1, 0.15) is 43.5 Å². The minimum atomic E-state index is 0.444. The molecule has 2 aromatic rings. The smallest absolute Gasteiger partial charge is 0.194 e. The molecule has 6 heteroatoms. The Balaban J connectivity index is 1.38. The van der Waals surface area contributed by atoms with Crippen molar-refractivity contribution in [3.05, 3.63) is 54.1 Å². The molecule has 1 N–H and O–H groups in total. The van der Waals surface area contributed by atoms with Gasteiger partial charge in [0.1, 0.15) is 5.82 Å². The fourth-order valence-corrected chi connectivity index (χ4v) is 6.02. The van der Waals surface area contributed by atoms with Gasteiger partial charge in [0, 0.05) is 49.6 Å². The zero-order chi connectivity index (χ0) is 19.2. The minimum Gasteiger partial charge on any atom is -0.349 e. The molecule has 1 spiro atoms. The van der Waals surface area contributed by atoms with E-state index in [-0.39, 0.29) is 0 Å². The lowest BCUT2D eigenvalue weighted by atomic mass is 9.87. The van der Waals surface area contributed by atoms with Crippen molar-refractivity contribution in [2.24, 2.45) is 4.99 Å². The molecule has 2 aliphatic rings. The topological polar surface area (TPSA) is 45.5 Å². The molecule has 2 heterocycles. The zero-order valence-corrected chi connectivity index (χ0v) is 17.6. The highest BCUT2D eigenvalue weighted by Crippen LogP contribution is 2.42. The third-order valence-electron chi connectivity index (χ3n) is 5.93. The molecule has 28 heavy (non-hydrogen) atoms. The normalized spacial score (nSPS) is 19.8. The Morgan fingerprint density at radius 3 is 2.82 bits per heavy atom. The van der Waals surface area contributed by atoms with Gasteiger partial charge in [0.25, 0.3) is 0 Å². The van der Waals surface area contributed by atoms with Crippen LogP contribution < -0.4 is 5.32 Å². The van der Waals surface area contributed by atoms with E-state index in [0.717, 1.165) is 31.4 Å². The molecule has 5 nitrogen and oxygen atoms in total. The lowest BCUT2D eigenvalue weighted by molar-refractivity contribution is 0.293. The van der Waals surface area contributed by atoms with Crippen molar-refractivity contribution in [2.75, 3.05) is 25.9 Å². The molecule has 0 amide bonds. The van der Waals surface area contributed by atoms with Crippen LogP contribution in [0.15, 0.2) is 47.7 Å². The summed E-state index contributed by atoms with van der Waals surface area (Å²) in [5.41, 5.74) is 1.29. The Bertz CT molecular complexity index is 774. The highest BCUT2D eigenvalue weighted by atomic mass is 32.2. The summed E-state index contributed by atoms with van der Waals surface area (Å²) in [6.45, 7) is 3.74. The monoisotopic (exact) mass is 397 g/mol. The highest BCUT2D eigenvalue weighted by Gasteiger charge is 2.38. The number of nitrogens with one attached hydrogen (secondary N) is 1. The number of hydrogen-bond acceptors (Lipinski definition) is 3. The highest BCUT2D eigenvalue weighted by molar-refractivity contribution is 8.00. The number of benzene rings is 1. The molecule has 0 unspecified atom stereocenters. The minimum absolute atomic E-state index is 0.444. The average molecular weight is 398 g/mol. The van der Waals surface area contributed by atoms with E-state index in [9.17, 15) is 0 Å². The van der Waals surface area contributed by atoms with Gasteiger partial charge in [0.05, 0.1) is 6.54 Å². The maximum atomic E-state index is 4.59. The number of thioether (sulfide) groups is 1.